The van der Waals surface area contributed by atoms with Crippen LogP contribution in [0.15, 0.2) is 36.8 Å². The molecule has 0 spiro atoms. The second kappa shape index (κ2) is 6.64. The number of fused-ring (bicyclic) bond motifs is 1. The fraction of sp³-hybridized carbons (Fsp3) is 0.412. The lowest BCUT2D eigenvalue weighted by Crippen LogP contribution is -2.39. The number of piperidine rings is 1. The Kier molecular flexibility index (Phi) is 4.19. The third kappa shape index (κ3) is 3.12. The Bertz CT molecular complexity index is 853. The summed E-state index contributed by atoms with van der Waals surface area (Å²) >= 11 is 0. The quantitative estimate of drug-likeness (QED) is 0.763. The van der Waals surface area contributed by atoms with Crippen LogP contribution >= 0.6 is 0 Å². The van der Waals surface area contributed by atoms with Gasteiger partial charge < -0.3 is 10.0 Å². The molecular weight excluding hydrogens is 320 g/mol. The summed E-state index contributed by atoms with van der Waals surface area (Å²) in [6, 6.07) is 5.49. The molecule has 1 fully saturated rings. The Balaban J connectivity index is 1.50. The highest BCUT2D eigenvalue weighted by molar-refractivity contribution is 5.93. The van der Waals surface area contributed by atoms with Crippen LogP contribution in [0.5, 0.6) is 0 Å². The summed E-state index contributed by atoms with van der Waals surface area (Å²) in [7, 11) is 0. The van der Waals surface area contributed by atoms with Crippen molar-refractivity contribution in [1.82, 2.24) is 29.3 Å². The molecule has 1 saturated heterocycles. The van der Waals surface area contributed by atoms with Gasteiger partial charge in [-0.05, 0) is 25.0 Å². The first-order chi connectivity index (χ1) is 12.2. The Labute approximate surface area is 144 Å². The van der Waals surface area contributed by atoms with Gasteiger partial charge >= 0.3 is 0 Å². The summed E-state index contributed by atoms with van der Waals surface area (Å²) in [5, 5.41) is 17.9. The van der Waals surface area contributed by atoms with Crippen molar-refractivity contribution in [1.29, 1.82) is 0 Å². The summed E-state index contributed by atoms with van der Waals surface area (Å²) in [5.41, 5.74) is 2.06. The third-order valence-corrected chi connectivity index (χ3v) is 4.57. The predicted molar refractivity (Wildman–Crippen MR) is 90.2 cm³/mol. The summed E-state index contributed by atoms with van der Waals surface area (Å²) in [6.45, 7) is 1.92. The van der Waals surface area contributed by atoms with Crippen LogP contribution in [0.3, 0.4) is 0 Å². The van der Waals surface area contributed by atoms with Crippen molar-refractivity contribution < 1.29 is 9.90 Å². The van der Waals surface area contributed by atoms with Crippen LogP contribution in [0.1, 0.15) is 34.9 Å². The Morgan fingerprint density at radius 2 is 2.24 bits per heavy atom. The van der Waals surface area contributed by atoms with Crippen molar-refractivity contribution in [2.45, 2.75) is 25.3 Å². The largest absolute Gasteiger partial charge is 0.394 e. The van der Waals surface area contributed by atoms with E-state index < -0.39 is 0 Å². The van der Waals surface area contributed by atoms with E-state index >= 15 is 0 Å². The van der Waals surface area contributed by atoms with Crippen LogP contribution in [0, 0.1) is 0 Å². The highest BCUT2D eigenvalue weighted by Crippen LogP contribution is 2.26. The predicted octanol–water partition coefficient (Wildman–Crippen LogP) is 0.938. The van der Waals surface area contributed by atoms with Gasteiger partial charge in [-0.1, -0.05) is 0 Å². The van der Waals surface area contributed by atoms with Crippen molar-refractivity contribution in [3.05, 3.63) is 48.2 Å². The van der Waals surface area contributed by atoms with E-state index in [1.54, 1.807) is 33.7 Å². The van der Waals surface area contributed by atoms with Crippen LogP contribution in [-0.4, -0.2) is 60.0 Å². The molecule has 8 heteroatoms. The molecule has 0 saturated carbocycles. The molecule has 130 valence electrons. The van der Waals surface area contributed by atoms with Gasteiger partial charge in [-0.3, -0.25) is 9.48 Å². The summed E-state index contributed by atoms with van der Waals surface area (Å²) in [5.74, 6) is 0.151. The maximum atomic E-state index is 12.8. The lowest BCUT2D eigenvalue weighted by Gasteiger charge is -2.31. The average Bonchev–Trinajstić information content (AvgIpc) is 3.28. The maximum Gasteiger partial charge on any atom is 0.274 e. The van der Waals surface area contributed by atoms with Gasteiger partial charge in [0.2, 0.25) is 0 Å². The van der Waals surface area contributed by atoms with E-state index in [4.69, 9.17) is 5.11 Å². The lowest BCUT2D eigenvalue weighted by molar-refractivity contribution is 0.0699. The number of aliphatic hydroxyl groups excluding tert-OH is 1. The SMILES string of the molecule is O=C(c1cc2ncccn2n1)N1CCCC(c2ccn(CCO)n2)C1. The average molecular weight is 340 g/mol. The lowest BCUT2D eigenvalue weighted by atomic mass is 9.95. The standard InChI is InChI=1S/C17H20N6O2/c24-10-9-22-8-4-14(19-22)13-3-1-6-21(12-13)17(25)15-11-16-18-5-2-7-23(16)20-15/h2,4-5,7-8,11,13,24H,1,3,6,9-10,12H2. The molecule has 0 aliphatic carbocycles. The van der Waals surface area contributed by atoms with Crippen LogP contribution in [-0.2, 0) is 6.54 Å². The van der Waals surface area contributed by atoms with Gasteiger partial charge in [0, 0.05) is 43.7 Å². The molecule has 1 aliphatic heterocycles. The van der Waals surface area contributed by atoms with Gasteiger partial charge in [0.05, 0.1) is 18.8 Å². The first-order valence-corrected chi connectivity index (χ1v) is 8.48. The van der Waals surface area contributed by atoms with Crippen LogP contribution in [0.4, 0.5) is 0 Å². The number of nitrogens with zero attached hydrogens (tertiary/aromatic N) is 6. The molecule has 4 rings (SSSR count). The van der Waals surface area contributed by atoms with Crippen LogP contribution in [0.2, 0.25) is 0 Å². The van der Waals surface area contributed by atoms with Gasteiger partial charge in [0.15, 0.2) is 11.3 Å². The molecule has 1 unspecified atom stereocenters. The molecule has 3 aromatic heterocycles. The minimum atomic E-state index is -0.0648. The van der Waals surface area contributed by atoms with E-state index in [2.05, 4.69) is 15.2 Å². The number of aromatic nitrogens is 5. The van der Waals surface area contributed by atoms with Gasteiger partial charge in [-0.2, -0.15) is 10.2 Å². The number of hydrogen-bond acceptors (Lipinski definition) is 5. The van der Waals surface area contributed by atoms with Crippen LogP contribution in [0.25, 0.3) is 5.65 Å². The number of amides is 1. The number of carbonyl (C=O) groups is 1. The highest BCUT2D eigenvalue weighted by atomic mass is 16.3. The number of likely N-dealkylation sites (tertiary alicyclic amines) is 1. The third-order valence-electron chi connectivity index (χ3n) is 4.57. The van der Waals surface area contributed by atoms with Gasteiger partial charge in [-0.15, -0.1) is 0 Å². The molecule has 4 heterocycles. The topological polar surface area (TPSA) is 88.6 Å². The van der Waals surface area contributed by atoms with E-state index in [-0.39, 0.29) is 18.4 Å². The maximum absolute atomic E-state index is 12.8. The fourth-order valence-electron chi connectivity index (χ4n) is 3.32. The zero-order chi connectivity index (χ0) is 17.2. The van der Waals surface area contributed by atoms with Crippen molar-refractivity contribution in [2.75, 3.05) is 19.7 Å². The normalized spacial score (nSPS) is 18.0. The highest BCUT2D eigenvalue weighted by Gasteiger charge is 2.28. The molecule has 1 amide bonds. The summed E-state index contributed by atoms with van der Waals surface area (Å²) in [6.07, 6.45) is 7.29. The molecule has 0 aromatic carbocycles. The second-order valence-corrected chi connectivity index (χ2v) is 6.27. The molecule has 8 nitrogen and oxygen atoms in total. The molecule has 1 N–H and O–H groups in total. The van der Waals surface area contributed by atoms with Crippen molar-refractivity contribution >= 4 is 11.6 Å². The Morgan fingerprint density at radius 3 is 3.08 bits per heavy atom. The molecule has 1 aliphatic rings. The monoisotopic (exact) mass is 340 g/mol. The molecule has 0 radical (unpaired) electrons. The summed E-state index contributed by atoms with van der Waals surface area (Å²) in [4.78, 5) is 18.9. The van der Waals surface area contributed by atoms with Gasteiger partial charge in [0.25, 0.3) is 5.91 Å². The van der Waals surface area contributed by atoms with Crippen molar-refractivity contribution in [3.8, 4) is 0 Å². The van der Waals surface area contributed by atoms with Crippen molar-refractivity contribution in [3.63, 3.8) is 0 Å². The van der Waals surface area contributed by atoms with Gasteiger partial charge in [-0.25, -0.2) is 9.50 Å². The minimum Gasteiger partial charge on any atom is -0.394 e. The molecule has 1 atom stereocenters. The van der Waals surface area contributed by atoms with E-state index in [0.717, 1.165) is 25.1 Å². The van der Waals surface area contributed by atoms with Crippen LogP contribution < -0.4 is 0 Å². The van der Waals surface area contributed by atoms with E-state index in [1.807, 2.05) is 17.2 Å². The first kappa shape index (κ1) is 15.8. The first-order valence-electron chi connectivity index (χ1n) is 8.48. The summed E-state index contributed by atoms with van der Waals surface area (Å²) < 4.78 is 3.36. The minimum absolute atomic E-state index is 0.0648. The fourth-order valence-corrected chi connectivity index (χ4v) is 3.32. The molecule has 3 aromatic rings. The molecule has 25 heavy (non-hydrogen) atoms. The van der Waals surface area contributed by atoms with E-state index in [9.17, 15) is 4.79 Å². The molecular formula is C17H20N6O2. The Hall–Kier alpha value is -2.74. The molecule has 0 bridgehead atoms. The Morgan fingerprint density at radius 1 is 1.32 bits per heavy atom. The second-order valence-electron chi connectivity index (χ2n) is 6.27. The van der Waals surface area contributed by atoms with Crippen molar-refractivity contribution in [2.24, 2.45) is 0 Å². The van der Waals surface area contributed by atoms with E-state index in [1.165, 1.54) is 0 Å². The number of hydrogen-bond donors (Lipinski definition) is 1. The zero-order valence-electron chi connectivity index (χ0n) is 13.8. The van der Waals surface area contributed by atoms with Gasteiger partial charge in [0.1, 0.15) is 0 Å². The number of aliphatic hydroxyl groups is 1. The smallest absolute Gasteiger partial charge is 0.274 e. The zero-order valence-corrected chi connectivity index (χ0v) is 13.8. The van der Waals surface area contributed by atoms with E-state index in [0.29, 0.717) is 24.4 Å². The number of rotatable bonds is 4. The number of carbonyl (C=O) groups excluding carboxylic acids is 1.